The molecule has 0 amide bonds. The van der Waals surface area contributed by atoms with Gasteiger partial charge in [0.1, 0.15) is 5.75 Å². The third-order valence-corrected chi connectivity index (χ3v) is 4.62. The van der Waals surface area contributed by atoms with Gasteiger partial charge in [0.25, 0.3) is 0 Å². The summed E-state index contributed by atoms with van der Waals surface area (Å²) in [6.45, 7) is 6.96. The van der Waals surface area contributed by atoms with Gasteiger partial charge in [-0.15, -0.1) is 0 Å². The van der Waals surface area contributed by atoms with E-state index in [1.165, 1.54) is 0 Å². The van der Waals surface area contributed by atoms with Crippen LogP contribution in [0.25, 0.3) is 0 Å². The van der Waals surface area contributed by atoms with Crippen LogP contribution in [0, 0.1) is 17.8 Å². The van der Waals surface area contributed by atoms with Crippen molar-refractivity contribution in [2.45, 2.75) is 46.0 Å². The summed E-state index contributed by atoms with van der Waals surface area (Å²) in [5.41, 5.74) is 0.999. The van der Waals surface area contributed by atoms with Crippen LogP contribution >= 0.6 is 0 Å². The van der Waals surface area contributed by atoms with Gasteiger partial charge < -0.3 is 9.84 Å². The molecule has 0 spiro atoms. The molecule has 3 unspecified atom stereocenters. The molecule has 1 aliphatic carbocycles. The minimum Gasteiger partial charge on any atom is -0.492 e. The number of hydrogen-bond donors (Lipinski definition) is 1. The Balaban J connectivity index is 2.26. The maximum Gasteiger partial charge on any atom is 0.307 e. The fourth-order valence-corrected chi connectivity index (χ4v) is 3.36. The summed E-state index contributed by atoms with van der Waals surface area (Å²) in [5, 5.41) is 9.52. The van der Waals surface area contributed by atoms with E-state index in [0.29, 0.717) is 18.4 Å². The second-order valence-electron chi connectivity index (χ2n) is 6.26. The number of carboxylic acid groups (broad SMARTS) is 1. The quantitative estimate of drug-likeness (QED) is 0.898. The third kappa shape index (κ3) is 3.74. The summed E-state index contributed by atoms with van der Waals surface area (Å²) in [5.74, 6) is 0.941. The van der Waals surface area contributed by atoms with E-state index in [1.807, 2.05) is 13.0 Å². The molecule has 4 heteroatoms. The van der Waals surface area contributed by atoms with Gasteiger partial charge in [-0.1, -0.05) is 13.8 Å². The first-order valence-electron chi connectivity index (χ1n) is 7.83. The zero-order valence-corrected chi connectivity index (χ0v) is 13.1. The minimum atomic E-state index is -0.691. The SMILES string of the molecule is CCOc1cncc(C2CC(C(C)C)CCC2C(=O)O)c1. The highest BCUT2D eigenvalue weighted by atomic mass is 16.5. The first-order chi connectivity index (χ1) is 10.0. The molecular weight excluding hydrogens is 266 g/mol. The number of pyridine rings is 1. The highest BCUT2D eigenvalue weighted by molar-refractivity contribution is 5.71. The molecule has 21 heavy (non-hydrogen) atoms. The van der Waals surface area contributed by atoms with E-state index in [-0.39, 0.29) is 11.8 Å². The standard InChI is InChI=1S/C17H25NO3/c1-4-21-14-7-13(9-18-10-14)16-8-12(11(2)3)5-6-15(16)17(19)20/h7,9-12,15-16H,4-6,8H2,1-3H3,(H,19,20). The Hall–Kier alpha value is -1.58. The number of nitrogens with zero attached hydrogens (tertiary/aromatic N) is 1. The first-order valence-corrected chi connectivity index (χ1v) is 7.83. The van der Waals surface area contributed by atoms with E-state index in [4.69, 9.17) is 4.74 Å². The van der Waals surface area contributed by atoms with Crippen molar-refractivity contribution in [1.82, 2.24) is 4.98 Å². The van der Waals surface area contributed by atoms with Crippen LogP contribution in [0.1, 0.15) is 51.5 Å². The Labute approximate surface area is 126 Å². The summed E-state index contributed by atoms with van der Waals surface area (Å²) >= 11 is 0. The molecule has 0 radical (unpaired) electrons. The van der Waals surface area contributed by atoms with Crippen LogP contribution in [0.15, 0.2) is 18.5 Å². The summed E-state index contributed by atoms with van der Waals surface area (Å²) in [7, 11) is 0. The summed E-state index contributed by atoms with van der Waals surface area (Å²) in [4.78, 5) is 15.8. The molecule has 1 aliphatic rings. The molecule has 1 N–H and O–H groups in total. The lowest BCUT2D eigenvalue weighted by molar-refractivity contribution is -0.144. The fraction of sp³-hybridized carbons (Fsp3) is 0.647. The summed E-state index contributed by atoms with van der Waals surface area (Å²) < 4.78 is 5.50. The molecule has 0 aromatic carbocycles. The normalized spacial score (nSPS) is 25.8. The van der Waals surface area contributed by atoms with Crippen LogP contribution in [0.4, 0.5) is 0 Å². The molecule has 1 aromatic rings. The van der Waals surface area contributed by atoms with E-state index in [9.17, 15) is 9.90 Å². The zero-order valence-electron chi connectivity index (χ0n) is 13.1. The van der Waals surface area contributed by atoms with E-state index < -0.39 is 5.97 Å². The molecule has 0 bridgehead atoms. The Morgan fingerprint density at radius 1 is 1.43 bits per heavy atom. The average Bonchev–Trinajstić information content (AvgIpc) is 2.47. The van der Waals surface area contributed by atoms with Crippen molar-refractivity contribution in [2.24, 2.45) is 17.8 Å². The molecule has 1 aromatic heterocycles. The highest BCUT2D eigenvalue weighted by Crippen LogP contribution is 2.43. The monoisotopic (exact) mass is 291 g/mol. The van der Waals surface area contributed by atoms with Crippen molar-refractivity contribution in [2.75, 3.05) is 6.61 Å². The Bertz CT molecular complexity index is 487. The van der Waals surface area contributed by atoms with Crippen LogP contribution < -0.4 is 4.74 Å². The molecule has 3 atom stereocenters. The first kappa shape index (κ1) is 15.8. The molecule has 4 nitrogen and oxygen atoms in total. The largest absolute Gasteiger partial charge is 0.492 e. The number of rotatable bonds is 5. The number of hydrogen-bond acceptors (Lipinski definition) is 3. The number of ether oxygens (including phenoxy) is 1. The van der Waals surface area contributed by atoms with Crippen LogP contribution in [-0.4, -0.2) is 22.7 Å². The lowest BCUT2D eigenvalue weighted by atomic mass is 9.68. The average molecular weight is 291 g/mol. The molecule has 0 aliphatic heterocycles. The molecule has 0 saturated heterocycles. The van der Waals surface area contributed by atoms with Gasteiger partial charge in [0.15, 0.2) is 0 Å². The van der Waals surface area contributed by atoms with Gasteiger partial charge in [-0.05, 0) is 55.6 Å². The van der Waals surface area contributed by atoms with E-state index in [1.54, 1.807) is 12.4 Å². The van der Waals surface area contributed by atoms with Gasteiger partial charge in [0.2, 0.25) is 0 Å². The van der Waals surface area contributed by atoms with Crippen LogP contribution in [0.3, 0.4) is 0 Å². The molecule has 1 fully saturated rings. The second-order valence-corrected chi connectivity index (χ2v) is 6.26. The van der Waals surface area contributed by atoms with Crippen molar-refractivity contribution < 1.29 is 14.6 Å². The van der Waals surface area contributed by atoms with Gasteiger partial charge in [-0.3, -0.25) is 9.78 Å². The number of carboxylic acids is 1. The second kappa shape index (κ2) is 6.92. The fourth-order valence-electron chi connectivity index (χ4n) is 3.36. The van der Waals surface area contributed by atoms with Gasteiger partial charge in [0, 0.05) is 6.20 Å². The van der Waals surface area contributed by atoms with Gasteiger partial charge in [-0.25, -0.2) is 0 Å². The van der Waals surface area contributed by atoms with E-state index >= 15 is 0 Å². The van der Waals surface area contributed by atoms with Crippen molar-refractivity contribution in [3.63, 3.8) is 0 Å². The Morgan fingerprint density at radius 2 is 2.19 bits per heavy atom. The van der Waals surface area contributed by atoms with Crippen molar-refractivity contribution in [1.29, 1.82) is 0 Å². The van der Waals surface area contributed by atoms with Gasteiger partial charge >= 0.3 is 5.97 Å². The predicted molar refractivity (Wildman–Crippen MR) is 81.5 cm³/mol. The van der Waals surface area contributed by atoms with E-state index in [0.717, 1.165) is 30.6 Å². The maximum atomic E-state index is 11.6. The molecule has 2 rings (SSSR count). The number of aromatic nitrogens is 1. The summed E-state index contributed by atoms with van der Waals surface area (Å²) in [6, 6.07) is 1.96. The Morgan fingerprint density at radius 3 is 2.81 bits per heavy atom. The minimum absolute atomic E-state index is 0.0385. The number of aliphatic carboxylic acids is 1. The number of carbonyl (C=O) groups is 1. The smallest absolute Gasteiger partial charge is 0.307 e. The van der Waals surface area contributed by atoms with Crippen molar-refractivity contribution in [3.05, 3.63) is 24.0 Å². The highest BCUT2D eigenvalue weighted by Gasteiger charge is 2.37. The van der Waals surface area contributed by atoms with Crippen molar-refractivity contribution in [3.8, 4) is 5.75 Å². The molecule has 1 saturated carbocycles. The van der Waals surface area contributed by atoms with Crippen LogP contribution in [0.5, 0.6) is 5.75 Å². The maximum absolute atomic E-state index is 11.6. The predicted octanol–water partition coefficient (Wildman–Crippen LogP) is 3.72. The lowest BCUT2D eigenvalue weighted by Crippen LogP contribution is -2.31. The van der Waals surface area contributed by atoms with Crippen molar-refractivity contribution >= 4 is 5.97 Å². The van der Waals surface area contributed by atoms with Crippen LogP contribution in [0.2, 0.25) is 0 Å². The lowest BCUT2D eigenvalue weighted by Gasteiger charge is -2.36. The topological polar surface area (TPSA) is 59.4 Å². The van der Waals surface area contributed by atoms with Gasteiger partial charge in [0.05, 0.1) is 18.7 Å². The third-order valence-electron chi connectivity index (χ3n) is 4.62. The van der Waals surface area contributed by atoms with Crippen LogP contribution in [-0.2, 0) is 4.79 Å². The molecule has 116 valence electrons. The molecular formula is C17H25NO3. The summed E-state index contributed by atoms with van der Waals surface area (Å²) in [6.07, 6.45) is 6.16. The van der Waals surface area contributed by atoms with E-state index in [2.05, 4.69) is 18.8 Å². The van der Waals surface area contributed by atoms with Gasteiger partial charge in [-0.2, -0.15) is 0 Å². The Kier molecular flexibility index (Phi) is 5.21. The molecule has 1 heterocycles. The zero-order chi connectivity index (χ0) is 15.4.